The molecule has 23 heavy (non-hydrogen) atoms. The Morgan fingerprint density at radius 2 is 1.65 bits per heavy atom. The Labute approximate surface area is 138 Å². The maximum atomic E-state index is 5.93. The molecule has 0 heterocycles. The van der Waals surface area contributed by atoms with Crippen LogP contribution >= 0.6 is 0 Å². The zero-order valence-electron chi connectivity index (χ0n) is 14.3. The van der Waals surface area contributed by atoms with Crippen molar-refractivity contribution in [1.82, 2.24) is 0 Å². The maximum Gasteiger partial charge on any atom is 0.193 e. The van der Waals surface area contributed by atoms with Gasteiger partial charge in [-0.25, -0.2) is 4.99 Å². The maximum absolute atomic E-state index is 5.93. The van der Waals surface area contributed by atoms with Crippen molar-refractivity contribution < 1.29 is 4.74 Å². The molecular formula is C19H25N3O. The van der Waals surface area contributed by atoms with E-state index in [-0.39, 0.29) is 5.41 Å². The van der Waals surface area contributed by atoms with Gasteiger partial charge in [-0.2, -0.15) is 0 Å². The zero-order chi connectivity index (χ0) is 16.9. The van der Waals surface area contributed by atoms with Gasteiger partial charge in [0.1, 0.15) is 5.75 Å². The molecule has 2 rings (SSSR count). The summed E-state index contributed by atoms with van der Waals surface area (Å²) in [6.07, 6.45) is 0. The van der Waals surface area contributed by atoms with Gasteiger partial charge in [-0.15, -0.1) is 0 Å². The van der Waals surface area contributed by atoms with Gasteiger partial charge in [-0.3, -0.25) is 0 Å². The second-order valence-electron chi connectivity index (χ2n) is 6.50. The van der Waals surface area contributed by atoms with Gasteiger partial charge in [0, 0.05) is 5.69 Å². The lowest BCUT2D eigenvalue weighted by Crippen LogP contribution is -2.22. The van der Waals surface area contributed by atoms with Gasteiger partial charge in [0.25, 0.3) is 0 Å². The lowest BCUT2D eigenvalue weighted by molar-refractivity contribution is 0.415. The highest BCUT2D eigenvalue weighted by atomic mass is 16.5. The van der Waals surface area contributed by atoms with E-state index in [2.05, 4.69) is 55.3 Å². The summed E-state index contributed by atoms with van der Waals surface area (Å²) in [6.45, 7) is 7.17. The van der Waals surface area contributed by atoms with Crippen LogP contribution in [0, 0.1) is 0 Å². The van der Waals surface area contributed by atoms with Gasteiger partial charge in [-0.1, -0.05) is 45.0 Å². The average Bonchev–Trinajstić information content (AvgIpc) is 2.53. The molecule has 2 aromatic carbocycles. The number of hydrogen-bond acceptors (Lipinski definition) is 2. The predicted molar refractivity (Wildman–Crippen MR) is 97.1 cm³/mol. The molecule has 3 N–H and O–H groups in total. The molecule has 4 nitrogen and oxygen atoms in total. The highest BCUT2D eigenvalue weighted by molar-refractivity contribution is 5.92. The number of nitrogens with two attached hydrogens (primary N) is 1. The Morgan fingerprint density at radius 1 is 1.04 bits per heavy atom. The van der Waals surface area contributed by atoms with Crippen LogP contribution in [0.15, 0.2) is 53.5 Å². The smallest absolute Gasteiger partial charge is 0.193 e. The number of hydrogen-bond donors (Lipinski definition) is 2. The minimum Gasteiger partial charge on any atom is -0.497 e. The van der Waals surface area contributed by atoms with Crippen molar-refractivity contribution >= 4 is 11.6 Å². The van der Waals surface area contributed by atoms with Gasteiger partial charge in [0.15, 0.2) is 5.96 Å². The summed E-state index contributed by atoms with van der Waals surface area (Å²) in [5.74, 6) is 1.21. The summed E-state index contributed by atoms with van der Waals surface area (Å²) in [6, 6.07) is 16.1. The van der Waals surface area contributed by atoms with Crippen molar-refractivity contribution in [3.8, 4) is 5.75 Å². The van der Waals surface area contributed by atoms with Crippen molar-refractivity contribution in [1.29, 1.82) is 0 Å². The summed E-state index contributed by atoms with van der Waals surface area (Å²) in [5, 5.41) is 3.07. The van der Waals surface area contributed by atoms with Gasteiger partial charge < -0.3 is 15.8 Å². The number of nitrogens with zero attached hydrogens (tertiary/aromatic N) is 1. The number of aliphatic imine (C=N–C) groups is 1. The van der Waals surface area contributed by atoms with E-state index in [4.69, 9.17) is 10.5 Å². The van der Waals surface area contributed by atoms with Crippen molar-refractivity contribution in [3.05, 3.63) is 59.7 Å². The molecule has 0 fully saturated rings. The van der Waals surface area contributed by atoms with E-state index in [1.807, 2.05) is 24.3 Å². The summed E-state index contributed by atoms with van der Waals surface area (Å²) in [5.41, 5.74) is 9.43. The second kappa shape index (κ2) is 7.18. The molecule has 0 unspecified atom stereocenters. The third-order valence-corrected chi connectivity index (χ3v) is 3.61. The first-order valence-electron chi connectivity index (χ1n) is 7.69. The van der Waals surface area contributed by atoms with Crippen LogP contribution < -0.4 is 15.8 Å². The van der Waals surface area contributed by atoms with Crippen molar-refractivity contribution in [2.45, 2.75) is 32.7 Å². The molecule has 0 amide bonds. The molecule has 0 spiro atoms. The van der Waals surface area contributed by atoms with Gasteiger partial charge in [0.2, 0.25) is 0 Å². The Morgan fingerprint density at radius 3 is 2.17 bits per heavy atom. The van der Waals surface area contributed by atoms with Crippen LogP contribution in [0.5, 0.6) is 5.75 Å². The van der Waals surface area contributed by atoms with E-state index < -0.39 is 0 Å². The molecule has 0 aromatic heterocycles. The van der Waals surface area contributed by atoms with Crippen LogP contribution in [0.25, 0.3) is 0 Å². The van der Waals surface area contributed by atoms with Crippen LogP contribution in [0.1, 0.15) is 31.9 Å². The fourth-order valence-corrected chi connectivity index (χ4v) is 2.15. The number of guanidine groups is 1. The fourth-order valence-electron chi connectivity index (χ4n) is 2.15. The van der Waals surface area contributed by atoms with Gasteiger partial charge in [0.05, 0.1) is 13.7 Å². The molecule has 0 radical (unpaired) electrons. The first kappa shape index (κ1) is 16.9. The monoisotopic (exact) mass is 311 g/mol. The first-order chi connectivity index (χ1) is 10.9. The highest BCUT2D eigenvalue weighted by Gasteiger charge is 2.12. The summed E-state index contributed by atoms with van der Waals surface area (Å²) >= 11 is 0. The third-order valence-electron chi connectivity index (χ3n) is 3.61. The van der Waals surface area contributed by atoms with Gasteiger partial charge in [-0.05, 0) is 40.8 Å². The predicted octanol–water partition coefficient (Wildman–Crippen LogP) is 3.92. The number of anilines is 1. The summed E-state index contributed by atoms with van der Waals surface area (Å²) in [4.78, 5) is 4.38. The van der Waals surface area contributed by atoms with Crippen LogP contribution in [-0.2, 0) is 12.0 Å². The molecule has 0 aliphatic heterocycles. The van der Waals surface area contributed by atoms with Crippen LogP contribution in [0.2, 0.25) is 0 Å². The Kier molecular flexibility index (Phi) is 5.27. The Hall–Kier alpha value is -2.49. The lowest BCUT2D eigenvalue weighted by atomic mass is 9.87. The molecule has 2 aromatic rings. The average molecular weight is 311 g/mol. The molecule has 0 atom stereocenters. The number of nitrogens with one attached hydrogen (secondary N) is 1. The van der Waals surface area contributed by atoms with Crippen LogP contribution in [0.4, 0.5) is 5.69 Å². The summed E-state index contributed by atoms with van der Waals surface area (Å²) in [7, 11) is 1.64. The van der Waals surface area contributed by atoms with Gasteiger partial charge >= 0.3 is 0 Å². The van der Waals surface area contributed by atoms with Crippen LogP contribution in [-0.4, -0.2) is 13.1 Å². The van der Waals surface area contributed by atoms with E-state index in [9.17, 15) is 0 Å². The van der Waals surface area contributed by atoms with Crippen molar-refractivity contribution in [2.75, 3.05) is 12.4 Å². The van der Waals surface area contributed by atoms with E-state index in [0.717, 1.165) is 17.0 Å². The van der Waals surface area contributed by atoms with E-state index in [1.165, 1.54) is 5.56 Å². The number of ether oxygens (including phenoxy) is 1. The molecule has 0 aliphatic rings. The van der Waals surface area contributed by atoms with E-state index >= 15 is 0 Å². The van der Waals surface area contributed by atoms with Crippen molar-refractivity contribution in [2.24, 2.45) is 10.7 Å². The Bertz CT molecular complexity index is 653. The topological polar surface area (TPSA) is 59.6 Å². The molecule has 0 bridgehead atoms. The van der Waals surface area contributed by atoms with Crippen molar-refractivity contribution in [3.63, 3.8) is 0 Å². The highest BCUT2D eigenvalue weighted by Crippen LogP contribution is 2.22. The normalized spacial score (nSPS) is 12.1. The van der Waals surface area contributed by atoms with E-state index in [1.54, 1.807) is 7.11 Å². The minimum absolute atomic E-state index is 0.163. The Balaban J connectivity index is 1.96. The van der Waals surface area contributed by atoms with E-state index in [0.29, 0.717) is 12.5 Å². The molecule has 122 valence electrons. The molecular weight excluding hydrogens is 286 g/mol. The number of benzene rings is 2. The largest absolute Gasteiger partial charge is 0.497 e. The SMILES string of the molecule is COc1ccc(NC(N)=NCc2ccc(C(C)(C)C)cc2)cc1. The second-order valence-corrected chi connectivity index (χ2v) is 6.50. The quantitative estimate of drug-likeness (QED) is 0.664. The molecule has 4 heteroatoms. The molecule has 0 saturated heterocycles. The number of rotatable bonds is 4. The molecule has 0 saturated carbocycles. The third kappa shape index (κ3) is 5.02. The zero-order valence-corrected chi connectivity index (χ0v) is 14.3. The van der Waals surface area contributed by atoms with Crippen LogP contribution in [0.3, 0.4) is 0 Å². The molecule has 0 aliphatic carbocycles. The fraction of sp³-hybridized carbons (Fsp3) is 0.316. The standard InChI is InChI=1S/C19H25N3O/c1-19(2,3)15-7-5-14(6-8-15)13-21-18(20)22-16-9-11-17(23-4)12-10-16/h5-12H,13H2,1-4H3,(H3,20,21,22). The number of methoxy groups -OCH3 is 1. The first-order valence-corrected chi connectivity index (χ1v) is 7.69. The lowest BCUT2D eigenvalue weighted by Gasteiger charge is -2.18. The summed E-state index contributed by atoms with van der Waals surface area (Å²) < 4.78 is 5.12. The minimum atomic E-state index is 0.163.